The van der Waals surface area contributed by atoms with E-state index in [1.165, 1.54) is 22.5 Å². The summed E-state index contributed by atoms with van der Waals surface area (Å²) in [5, 5.41) is 9.00. The van der Waals surface area contributed by atoms with E-state index in [0.717, 1.165) is 16.0 Å². The van der Waals surface area contributed by atoms with Gasteiger partial charge in [0.25, 0.3) is 0 Å². The maximum absolute atomic E-state index is 9.00. The highest BCUT2D eigenvalue weighted by Gasteiger charge is 2.15. The number of hydrogen-bond donors (Lipinski definition) is 1. The Morgan fingerprint density at radius 3 is 2.47 bits per heavy atom. The van der Waals surface area contributed by atoms with Crippen molar-refractivity contribution in [1.82, 2.24) is 0 Å². The fourth-order valence-electron chi connectivity index (χ4n) is 2.07. The first-order valence-corrected chi connectivity index (χ1v) is 6.23. The fraction of sp³-hybridized carbons (Fsp3) is 0.214. The second-order valence-electron chi connectivity index (χ2n) is 4.21. The Morgan fingerprint density at radius 2 is 1.94 bits per heavy atom. The average Bonchev–Trinajstić information content (AvgIpc) is 2.55. The molecule has 1 aromatic heterocycles. The molecule has 3 heteroatoms. The van der Waals surface area contributed by atoms with E-state index < -0.39 is 0 Å². The molecule has 2 nitrogen and oxygen atoms in total. The van der Waals surface area contributed by atoms with Crippen LogP contribution in [0.2, 0.25) is 0 Å². The van der Waals surface area contributed by atoms with Crippen LogP contribution in [0.15, 0.2) is 18.2 Å². The van der Waals surface area contributed by atoms with Crippen molar-refractivity contribution in [2.75, 3.05) is 5.73 Å². The highest BCUT2D eigenvalue weighted by Crippen LogP contribution is 2.39. The minimum atomic E-state index is 0.609. The molecule has 0 fully saturated rings. The monoisotopic (exact) mass is 242 g/mol. The molecule has 0 aliphatic rings. The van der Waals surface area contributed by atoms with Crippen LogP contribution >= 0.6 is 11.3 Å². The summed E-state index contributed by atoms with van der Waals surface area (Å²) in [5.41, 5.74) is 11.2. The molecule has 0 bridgehead atoms. The van der Waals surface area contributed by atoms with Crippen molar-refractivity contribution in [3.8, 4) is 17.2 Å². The number of nitrogen functional groups attached to an aromatic ring is 1. The van der Waals surface area contributed by atoms with Crippen molar-refractivity contribution in [1.29, 1.82) is 5.26 Å². The summed E-state index contributed by atoms with van der Waals surface area (Å²) in [4.78, 5) is 1.71. The summed E-state index contributed by atoms with van der Waals surface area (Å²) in [6, 6.07) is 8.44. The highest BCUT2D eigenvalue weighted by molar-refractivity contribution is 7.13. The van der Waals surface area contributed by atoms with Crippen molar-refractivity contribution in [3.05, 3.63) is 39.1 Å². The van der Waals surface area contributed by atoms with Crippen LogP contribution < -0.4 is 5.73 Å². The van der Waals surface area contributed by atoms with Gasteiger partial charge >= 0.3 is 0 Å². The Labute approximate surface area is 105 Å². The topological polar surface area (TPSA) is 49.8 Å². The SMILES string of the molecule is Cc1ccc(-c2c(C)sc(C#N)c2N)c(C)c1. The van der Waals surface area contributed by atoms with E-state index >= 15 is 0 Å². The van der Waals surface area contributed by atoms with E-state index in [-0.39, 0.29) is 0 Å². The van der Waals surface area contributed by atoms with Gasteiger partial charge in [0, 0.05) is 10.4 Å². The van der Waals surface area contributed by atoms with Crippen LogP contribution in [0, 0.1) is 32.1 Å². The van der Waals surface area contributed by atoms with Crippen LogP contribution in [0.4, 0.5) is 5.69 Å². The van der Waals surface area contributed by atoms with Crippen LogP contribution in [0.5, 0.6) is 0 Å². The van der Waals surface area contributed by atoms with Gasteiger partial charge < -0.3 is 5.73 Å². The third kappa shape index (κ3) is 1.92. The lowest BCUT2D eigenvalue weighted by molar-refractivity contribution is 1.38. The maximum atomic E-state index is 9.00. The van der Waals surface area contributed by atoms with Crippen LogP contribution in [0.3, 0.4) is 0 Å². The summed E-state index contributed by atoms with van der Waals surface area (Å²) in [5.74, 6) is 0. The van der Waals surface area contributed by atoms with Gasteiger partial charge in [-0.25, -0.2) is 0 Å². The molecule has 86 valence electrons. The summed E-state index contributed by atoms with van der Waals surface area (Å²) in [6.07, 6.45) is 0. The molecule has 0 saturated heterocycles. The molecular formula is C14H14N2S. The van der Waals surface area contributed by atoms with E-state index in [1.54, 1.807) is 0 Å². The summed E-state index contributed by atoms with van der Waals surface area (Å²) < 4.78 is 0. The molecule has 17 heavy (non-hydrogen) atoms. The first kappa shape index (κ1) is 11.7. The third-order valence-electron chi connectivity index (χ3n) is 2.87. The molecule has 2 aromatic rings. The zero-order chi connectivity index (χ0) is 12.6. The fourth-order valence-corrected chi connectivity index (χ4v) is 2.96. The van der Waals surface area contributed by atoms with Gasteiger partial charge in [-0.1, -0.05) is 23.8 Å². The van der Waals surface area contributed by atoms with Crippen molar-refractivity contribution in [2.45, 2.75) is 20.8 Å². The Hall–Kier alpha value is -1.79. The number of aryl methyl sites for hydroxylation is 3. The minimum Gasteiger partial charge on any atom is -0.396 e. The second kappa shape index (κ2) is 4.23. The number of hydrogen-bond acceptors (Lipinski definition) is 3. The van der Waals surface area contributed by atoms with Crippen LogP contribution in [-0.2, 0) is 0 Å². The predicted octanol–water partition coefficient (Wildman–Crippen LogP) is 3.79. The molecule has 0 atom stereocenters. The molecule has 1 aromatic carbocycles. The first-order chi connectivity index (χ1) is 8.04. The molecule has 0 saturated carbocycles. The molecule has 0 aliphatic carbocycles. The van der Waals surface area contributed by atoms with Gasteiger partial charge in [-0.15, -0.1) is 11.3 Å². The van der Waals surface area contributed by atoms with Gasteiger partial charge in [0.2, 0.25) is 0 Å². The van der Waals surface area contributed by atoms with Crippen molar-refractivity contribution in [2.24, 2.45) is 0 Å². The summed E-state index contributed by atoms with van der Waals surface area (Å²) in [6.45, 7) is 6.16. The van der Waals surface area contributed by atoms with Crippen LogP contribution in [0.1, 0.15) is 20.9 Å². The maximum Gasteiger partial charge on any atom is 0.128 e. The number of anilines is 1. The van der Waals surface area contributed by atoms with E-state index in [2.05, 4.69) is 38.1 Å². The van der Waals surface area contributed by atoms with Gasteiger partial charge in [0.15, 0.2) is 0 Å². The van der Waals surface area contributed by atoms with Crippen molar-refractivity contribution >= 4 is 17.0 Å². The number of rotatable bonds is 1. The number of nitrogens with two attached hydrogens (primary N) is 1. The van der Waals surface area contributed by atoms with Gasteiger partial charge in [0.1, 0.15) is 10.9 Å². The Kier molecular flexibility index (Phi) is 2.91. The lowest BCUT2D eigenvalue weighted by Gasteiger charge is -2.08. The lowest BCUT2D eigenvalue weighted by Crippen LogP contribution is -1.91. The lowest BCUT2D eigenvalue weighted by atomic mass is 9.98. The van der Waals surface area contributed by atoms with Gasteiger partial charge in [0.05, 0.1) is 5.69 Å². The van der Waals surface area contributed by atoms with Gasteiger partial charge in [-0.3, -0.25) is 0 Å². The molecule has 2 rings (SSSR count). The number of nitrogens with zero attached hydrogens (tertiary/aromatic N) is 1. The standard InChI is InChI=1S/C14H14N2S/c1-8-4-5-11(9(2)6-8)13-10(3)17-12(7-15)14(13)16/h4-6H,16H2,1-3H3. The molecule has 0 amide bonds. The first-order valence-electron chi connectivity index (χ1n) is 5.41. The Bertz CT molecular complexity index is 618. The number of benzene rings is 1. The molecule has 0 radical (unpaired) electrons. The molecule has 1 heterocycles. The summed E-state index contributed by atoms with van der Waals surface area (Å²) in [7, 11) is 0. The molecule has 0 aliphatic heterocycles. The smallest absolute Gasteiger partial charge is 0.128 e. The average molecular weight is 242 g/mol. The number of thiophene rings is 1. The Balaban J connectivity index is 2.69. The van der Waals surface area contributed by atoms with E-state index in [0.29, 0.717) is 10.6 Å². The van der Waals surface area contributed by atoms with Crippen molar-refractivity contribution < 1.29 is 0 Å². The minimum absolute atomic E-state index is 0.609. The van der Waals surface area contributed by atoms with Crippen molar-refractivity contribution in [3.63, 3.8) is 0 Å². The van der Waals surface area contributed by atoms with E-state index in [4.69, 9.17) is 11.0 Å². The van der Waals surface area contributed by atoms with Crippen LogP contribution in [-0.4, -0.2) is 0 Å². The van der Waals surface area contributed by atoms with E-state index in [9.17, 15) is 0 Å². The zero-order valence-corrected chi connectivity index (χ0v) is 11.0. The largest absolute Gasteiger partial charge is 0.396 e. The quantitative estimate of drug-likeness (QED) is 0.827. The normalized spacial score (nSPS) is 10.2. The Morgan fingerprint density at radius 1 is 1.24 bits per heavy atom. The molecular weight excluding hydrogens is 228 g/mol. The second-order valence-corrected chi connectivity index (χ2v) is 5.43. The predicted molar refractivity (Wildman–Crippen MR) is 73.1 cm³/mol. The van der Waals surface area contributed by atoms with E-state index in [1.807, 2.05) is 6.92 Å². The number of nitriles is 1. The molecule has 0 unspecified atom stereocenters. The van der Waals surface area contributed by atoms with Gasteiger partial charge in [-0.05, 0) is 31.9 Å². The van der Waals surface area contributed by atoms with Gasteiger partial charge in [-0.2, -0.15) is 5.26 Å². The van der Waals surface area contributed by atoms with Crippen LogP contribution in [0.25, 0.3) is 11.1 Å². The third-order valence-corrected chi connectivity index (χ3v) is 3.90. The zero-order valence-electron chi connectivity index (χ0n) is 10.2. The molecule has 0 spiro atoms. The summed E-state index contributed by atoms with van der Waals surface area (Å²) >= 11 is 1.46. The highest BCUT2D eigenvalue weighted by atomic mass is 32.1. The molecule has 2 N–H and O–H groups in total.